The van der Waals surface area contributed by atoms with Crippen molar-refractivity contribution in [2.45, 2.75) is 17.6 Å². The number of benzene rings is 2. The molecule has 1 amide bonds. The van der Waals surface area contributed by atoms with Crippen molar-refractivity contribution in [3.63, 3.8) is 0 Å². The number of para-hydroxylation sites is 1. The molecule has 0 saturated carbocycles. The van der Waals surface area contributed by atoms with E-state index >= 15 is 0 Å². The first kappa shape index (κ1) is 19.8. The lowest BCUT2D eigenvalue weighted by Gasteiger charge is -2.15. The predicted octanol–water partition coefficient (Wildman–Crippen LogP) is 2.83. The SMILES string of the molecule is NS(=O)(=O)c1cccc(CNC(=O)c2cnc3ccccc3c2C(F)(F)F)c1. The number of rotatable bonds is 4. The number of primary sulfonamides is 1. The van der Waals surface area contributed by atoms with Crippen molar-refractivity contribution in [1.29, 1.82) is 0 Å². The van der Waals surface area contributed by atoms with Crippen molar-refractivity contribution in [2.75, 3.05) is 0 Å². The summed E-state index contributed by atoms with van der Waals surface area (Å²) in [6.45, 7) is -0.188. The number of aromatic nitrogens is 1. The van der Waals surface area contributed by atoms with Gasteiger partial charge in [-0.1, -0.05) is 30.3 Å². The molecule has 0 unspecified atom stereocenters. The quantitative estimate of drug-likeness (QED) is 0.692. The maximum atomic E-state index is 13.6. The Morgan fingerprint density at radius 2 is 1.82 bits per heavy atom. The van der Waals surface area contributed by atoms with Crippen LogP contribution in [0.2, 0.25) is 0 Å². The number of carbonyl (C=O) groups excluding carboxylic acids is 1. The van der Waals surface area contributed by atoms with Gasteiger partial charge in [0, 0.05) is 18.1 Å². The van der Waals surface area contributed by atoms with E-state index in [-0.39, 0.29) is 22.3 Å². The van der Waals surface area contributed by atoms with Crippen molar-refractivity contribution in [1.82, 2.24) is 10.3 Å². The lowest BCUT2D eigenvalue weighted by Crippen LogP contribution is -2.26. The van der Waals surface area contributed by atoms with E-state index in [1.165, 1.54) is 42.5 Å². The van der Waals surface area contributed by atoms with Gasteiger partial charge in [-0.2, -0.15) is 13.2 Å². The molecule has 0 aliphatic carbocycles. The molecule has 1 heterocycles. The molecule has 28 heavy (non-hydrogen) atoms. The summed E-state index contributed by atoms with van der Waals surface area (Å²) in [5.41, 5.74) is -1.21. The molecule has 0 atom stereocenters. The zero-order valence-electron chi connectivity index (χ0n) is 14.2. The van der Waals surface area contributed by atoms with Crippen molar-refractivity contribution < 1.29 is 26.4 Å². The fourth-order valence-corrected chi connectivity index (χ4v) is 3.31. The molecule has 10 heteroatoms. The first-order chi connectivity index (χ1) is 13.1. The monoisotopic (exact) mass is 409 g/mol. The van der Waals surface area contributed by atoms with E-state index < -0.39 is 33.2 Å². The minimum absolute atomic E-state index is 0.118. The molecule has 3 rings (SSSR count). The molecule has 0 saturated heterocycles. The second kappa shape index (κ2) is 7.21. The van der Waals surface area contributed by atoms with Gasteiger partial charge < -0.3 is 5.32 Å². The molecule has 0 fully saturated rings. The Morgan fingerprint density at radius 3 is 2.50 bits per heavy atom. The van der Waals surface area contributed by atoms with Crippen molar-refractivity contribution in [2.24, 2.45) is 5.14 Å². The van der Waals surface area contributed by atoms with Crippen LogP contribution < -0.4 is 10.5 Å². The normalized spacial score (nSPS) is 12.1. The Kier molecular flexibility index (Phi) is 5.09. The second-order valence-corrected chi connectivity index (χ2v) is 7.50. The number of nitrogens with two attached hydrogens (primary N) is 1. The van der Waals surface area contributed by atoms with Crippen LogP contribution in [0.1, 0.15) is 21.5 Å². The number of nitrogens with one attached hydrogen (secondary N) is 1. The number of hydrogen-bond donors (Lipinski definition) is 2. The number of carbonyl (C=O) groups is 1. The van der Waals surface area contributed by atoms with E-state index in [1.807, 2.05) is 0 Å². The van der Waals surface area contributed by atoms with Crippen LogP contribution in [-0.2, 0) is 22.7 Å². The van der Waals surface area contributed by atoms with Crippen molar-refractivity contribution in [3.8, 4) is 0 Å². The van der Waals surface area contributed by atoms with Gasteiger partial charge in [0.15, 0.2) is 0 Å². The average molecular weight is 409 g/mol. The Hall–Kier alpha value is -2.98. The van der Waals surface area contributed by atoms with Crippen molar-refractivity contribution >= 4 is 26.8 Å². The Labute approximate surface area is 158 Å². The van der Waals surface area contributed by atoms with Gasteiger partial charge in [0.05, 0.1) is 21.5 Å². The average Bonchev–Trinajstić information content (AvgIpc) is 2.64. The van der Waals surface area contributed by atoms with Gasteiger partial charge in [0.25, 0.3) is 5.91 Å². The highest BCUT2D eigenvalue weighted by Crippen LogP contribution is 2.36. The fourth-order valence-electron chi connectivity index (χ4n) is 2.73. The predicted molar refractivity (Wildman–Crippen MR) is 95.7 cm³/mol. The van der Waals surface area contributed by atoms with E-state index in [4.69, 9.17) is 5.14 Å². The highest BCUT2D eigenvalue weighted by atomic mass is 32.2. The second-order valence-electron chi connectivity index (χ2n) is 5.94. The number of hydrogen-bond acceptors (Lipinski definition) is 4. The number of amides is 1. The molecule has 2 aromatic carbocycles. The first-order valence-corrected chi connectivity index (χ1v) is 9.47. The Morgan fingerprint density at radius 1 is 1.11 bits per heavy atom. The maximum absolute atomic E-state index is 13.6. The topological polar surface area (TPSA) is 102 Å². The molecule has 6 nitrogen and oxygen atoms in total. The molecule has 0 aliphatic rings. The molecule has 3 N–H and O–H groups in total. The zero-order chi connectivity index (χ0) is 20.5. The number of pyridine rings is 1. The van der Waals surface area contributed by atoms with E-state index in [0.717, 1.165) is 6.20 Å². The van der Waals surface area contributed by atoms with E-state index in [2.05, 4.69) is 10.3 Å². The van der Waals surface area contributed by atoms with Crippen LogP contribution in [0, 0.1) is 0 Å². The largest absolute Gasteiger partial charge is 0.417 e. The van der Waals surface area contributed by atoms with Gasteiger partial charge in [-0.25, -0.2) is 13.6 Å². The smallest absolute Gasteiger partial charge is 0.348 e. The van der Waals surface area contributed by atoms with Crippen LogP contribution >= 0.6 is 0 Å². The molecule has 0 radical (unpaired) electrons. The summed E-state index contributed by atoms with van der Waals surface area (Å²) >= 11 is 0. The summed E-state index contributed by atoms with van der Waals surface area (Å²) in [4.78, 5) is 16.2. The molecule has 3 aromatic rings. The van der Waals surface area contributed by atoms with Gasteiger partial charge in [-0.05, 0) is 23.8 Å². The zero-order valence-corrected chi connectivity index (χ0v) is 15.0. The van der Waals surface area contributed by atoms with Crippen LogP contribution in [0.4, 0.5) is 13.2 Å². The number of halogens is 3. The van der Waals surface area contributed by atoms with Crippen LogP contribution in [0.5, 0.6) is 0 Å². The van der Waals surface area contributed by atoms with E-state index in [9.17, 15) is 26.4 Å². The number of sulfonamides is 1. The molecule has 0 bridgehead atoms. The number of nitrogens with zero attached hydrogens (tertiary/aromatic N) is 1. The Bertz CT molecular complexity index is 1160. The number of alkyl halides is 3. The summed E-state index contributed by atoms with van der Waals surface area (Å²) in [7, 11) is -3.94. The minimum atomic E-state index is -4.76. The third kappa shape index (κ3) is 4.12. The third-order valence-electron chi connectivity index (χ3n) is 3.98. The lowest BCUT2D eigenvalue weighted by atomic mass is 10.0. The van der Waals surface area contributed by atoms with E-state index in [1.54, 1.807) is 6.07 Å². The van der Waals surface area contributed by atoms with Gasteiger partial charge in [0.1, 0.15) is 0 Å². The lowest BCUT2D eigenvalue weighted by molar-refractivity contribution is -0.136. The summed E-state index contributed by atoms with van der Waals surface area (Å²) in [6.07, 6.45) is -3.88. The van der Waals surface area contributed by atoms with Crippen LogP contribution in [0.15, 0.2) is 59.6 Å². The summed E-state index contributed by atoms with van der Waals surface area (Å²) in [6, 6.07) is 11.1. The van der Waals surface area contributed by atoms with Crippen LogP contribution in [0.3, 0.4) is 0 Å². The van der Waals surface area contributed by atoms with Gasteiger partial charge in [0.2, 0.25) is 10.0 Å². The van der Waals surface area contributed by atoms with Crippen LogP contribution in [0.25, 0.3) is 10.9 Å². The van der Waals surface area contributed by atoms with Gasteiger partial charge in [-0.3, -0.25) is 9.78 Å². The first-order valence-electron chi connectivity index (χ1n) is 7.92. The molecule has 1 aromatic heterocycles. The third-order valence-corrected chi connectivity index (χ3v) is 4.89. The standard InChI is InChI=1S/C18H14F3N3O3S/c19-18(20,21)16-13-6-1-2-7-15(13)23-10-14(16)17(25)24-9-11-4-3-5-12(8-11)28(22,26)27/h1-8,10H,9H2,(H,24,25)(H2,22,26,27). The molecule has 0 aliphatic heterocycles. The minimum Gasteiger partial charge on any atom is -0.348 e. The number of fused-ring (bicyclic) bond motifs is 1. The van der Waals surface area contributed by atoms with Gasteiger partial charge >= 0.3 is 6.18 Å². The fraction of sp³-hybridized carbons (Fsp3) is 0.111. The molecular weight excluding hydrogens is 395 g/mol. The Balaban J connectivity index is 1.93. The van der Waals surface area contributed by atoms with Crippen molar-refractivity contribution in [3.05, 3.63) is 71.4 Å². The van der Waals surface area contributed by atoms with Crippen LogP contribution in [-0.4, -0.2) is 19.3 Å². The highest BCUT2D eigenvalue weighted by Gasteiger charge is 2.37. The highest BCUT2D eigenvalue weighted by molar-refractivity contribution is 7.89. The van der Waals surface area contributed by atoms with E-state index in [0.29, 0.717) is 5.56 Å². The summed E-state index contributed by atoms with van der Waals surface area (Å²) in [5.74, 6) is -0.980. The summed E-state index contributed by atoms with van der Waals surface area (Å²) in [5, 5.41) is 7.22. The molecule has 0 spiro atoms. The van der Waals surface area contributed by atoms with Gasteiger partial charge in [-0.15, -0.1) is 0 Å². The molecular formula is C18H14F3N3O3S. The molecule has 146 valence electrons. The summed E-state index contributed by atoms with van der Waals surface area (Å²) < 4.78 is 63.6. The maximum Gasteiger partial charge on any atom is 0.417 e.